The molecule has 3 atom stereocenters. The summed E-state index contributed by atoms with van der Waals surface area (Å²) in [6.45, 7) is 8.61. The predicted octanol–water partition coefficient (Wildman–Crippen LogP) is 3.90. The SMILES string of the molecule is C=CC(=O)O/C=C(/O)COCC(=O)Oc1ccc(C2OC(C)CC(CC)O2)cc1CC. The fourth-order valence-corrected chi connectivity index (χ4v) is 3.04. The number of carbonyl (C=O) groups is 2. The van der Waals surface area contributed by atoms with E-state index in [0.29, 0.717) is 12.2 Å². The van der Waals surface area contributed by atoms with Gasteiger partial charge in [0.15, 0.2) is 12.0 Å². The molecule has 0 saturated carbocycles. The monoisotopic (exact) mass is 434 g/mol. The number of aliphatic hydroxyl groups excluding tert-OH is 1. The van der Waals surface area contributed by atoms with Crippen LogP contribution in [0.1, 0.15) is 51.0 Å². The van der Waals surface area contributed by atoms with Crippen LogP contribution in [-0.2, 0) is 35.0 Å². The molecule has 1 aliphatic heterocycles. The molecular formula is C23H30O8. The summed E-state index contributed by atoms with van der Waals surface area (Å²) in [5.74, 6) is -1.27. The number of hydrogen-bond donors (Lipinski definition) is 1. The van der Waals surface area contributed by atoms with Crippen molar-refractivity contribution in [3.63, 3.8) is 0 Å². The third-order valence-corrected chi connectivity index (χ3v) is 4.63. The second kappa shape index (κ2) is 12.2. The van der Waals surface area contributed by atoms with Crippen LogP contribution in [0, 0.1) is 0 Å². The highest BCUT2D eigenvalue weighted by Gasteiger charge is 2.28. The summed E-state index contributed by atoms with van der Waals surface area (Å²) in [5.41, 5.74) is 1.71. The average Bonchev–Trinajstić information content (AvgIpc) is 2.77. The van der Waals surface area contributed by atoms with E-state index in [1.54, 1.807) is 6.07 Å². The second-order valence-electron chi connectivity index (χ2n) is 7.12. The molecule has 8 heteroatoms. The number of benzene rings is 1. The van der Waals surface area contributed by atoms with E-state index in [-0.39, 0.29) is 31.2 Å². The first-order valence-electron chi connectivity index (χ1n) is 10.3. The van der Waals surface area contributed by atoms with Gasteiger partial charge in [0.2, 0.25) is 0 Å². The Morgan fingerprint density at radius 3 is 2.71 bits per heavy atom. The van der Waals surface area contributed by atoms with E-state index in [1.165, 1.54) is 0 Å². The van der Waals surface area contributed by atoms with Crippen molar-refractivity contribution < 1.29 is 38.4 Å². The molecule has 170 valence electrons. The zero-order valence-electron chi connectivity index (χ0n) is 18.2. The number of aliphatic hydroxyl groups is 1. The van der Waals surface area contributed by atoms with Gasteiger partial charge in [0.05, 0.1) is 12.2 Å². The second-order valence-corrected chi connectivity index (χ2v) is 7.12. The molecule has 2 rings (SSSR count). The number of aryl methyl sites for hydroxylation is 1. The Labute approximate surface area is 182 Å². The molecule has 31 heavy (non-hydrogen) atoms. The van der Waals surface area contributed by atoms with Crippen molar-refractivity contribution in [3.8, 4) is 5.75 Å². The van der Waals surface area contributed by atoms with E-state index in [0.717, 1.165) is 36.3 Å². The molecule has 0 amide bonds. The van der Waals surface area contributed by atoms with Crippen LogP contribution in [0.3, 0.4) is 0 Å². The Kier molecular flexibility index (Phi) is 9.71. The number of hydrogen-bond acceptors (Lipinski definition) is 8. The molecular weight excluding hydrogens is 404 g/mol. The number of carbonyl (C=O) groups excluding carboxylic acids is 2. The van der Waals surface area contributed by atoms with Crippen LogP contribution >= 0.6 is 0 Å². The van der Waals surface area contributed by atoms with Crippen LogP contribution < -0.4 is 4.74 Å². The minimum absolute atomic E-state index is 0.106. The molecule has 1 aromatic carbocycles. The van der Waals surface area contributed by atoms with Crippen molar-refractivity contribution in [2.75, 3.05) is 13.2 Å². The lowest BCUT2D eigenvalue weighted by molar-refractivity contribution is -0.243. The number of rotatable bonds is 10. The molecule has 1 heterocycles. The summed E-state index contributed by atoms with van der Waals surface area (Å²) >= 11 is 0. The van der Waals surface area contributed by atoms with E-state index in [2.05, 4.69) is 18.2 Å². The van der Waals surface area contributed by atoms with E-state index < -0.39 is 18.2 Å². The molecule has 8 nitrogen and oxygen atoms in total. The van der Waals surface area contributed by atoms with Gasteiger partial charge in [0.25, 0.3) is 0 Å². The summed E-state index contributed by atoms with van der Waals surface area (Å²) in [5, 5.41) is 9.54. The maximum Gasteiger partial charge on any atom is 0.337 e. The highest BCUT2D eigenvalue weighted by Crippen LogP contribution is 2.33. The molecule has 1 aliphatic rings. The van der Waals surface area contributed by atoms with Gasteiger partial charge in [-0.3, -0.25) is 0 Å². The van der Waals surface area contributed by atoms with E-state index >= 15 is 0 Å². The van der Waals surface area contributed by atoms with Gasteiger partial charge in [-0.05, 0) is 43.9 Å². The normalized spacial score (nSPS) is 21.4. The fraction of sp³-hybridized carbons (Fsp3) is 0.478. The minimum Gasteiger partial charge on any atom is -0.507 e. The predicted molar refractivity (Wildman–Crippen MR) is 112 cm³/mol. The average molecular weight is 434 g/mol. The molecule has 3 unspecified atom stereocenters. The van der Waals surface area contributed by atoms with Gasteiger partial charge in [0.1, 0.15) is 25.2 Å². The topological polar surface area (TPSA) is 101 Å². The molecule has 1 fully saturated rings. The lowest BCUT2D eigenvalue weighted by atomic mass is 10.0. The van der Waals surface area contributed by atoms with Crippen molar-refractivity contribution in [1.82, 2.24) is 0 Å². The Morgan fingerprint density at radius 2 is 2.03 bits per heavy atom. The van der Waals surface area contributed by atoms with Gasteiger partial charge in [-0.1, -0.05) is 26.5 Å². The van der Waals surface area contributed by atoms with Crippen molar-refractivity contribution in [2.24, 2.45) is 0 Å². The first kappa shape index (κ1) is 24.6. The standard InChI is InChI=1S/C23H30O8/c1-5-16-11-17(23-29-15(4)10-19(6-2)30-23)8-9-20(16)31-22(26)14-27-12-18(24)13-28-21(25)7-3/h7-9,11,13,15,19,23-24H,3,5-6,10,12,14H2,1-2,4H3/b18-13+. The van der Waals surface area contributed by atoms with Crippen LogP contribution in [0.15, 0.2) is 42.9 Å². The van der Waals surface area contributed by atoms with Crippen LogP contribution in [-0.4, -0.2) is 42.5 Å². The maximum absolute atomic E-state index is 12.1. The van der Waals surface area contributed by atoms with Crippen LogP contribution in [0.2, 0.25) is 0 Å². The van der Waals surface area contributed by atoms with Crippen LogP contribution in [0.5, 0.6) is 5.75 Å². The first-order chi connectivity index (χ1) is 14.9. The Balaban J connectivity index is 1.92. The summed E-state index contributed by atoms with van der Waals surface area (Å²) in [6.07, 6.45) is 4.02. The lowest BCUT2D eigenvalue weighted by Gasteiger charge is -2.34. The molecule has 0 bridgehead atoms. The van der Waals surface area contributed by atoms with Crippen molar-refractivity contribution in [1.29, 1.82) is 0 Å². The molecule has 1 saturated heterocycles. The molecule has 0 spiro atoms. The quantitative estimate of drug-likeness (QED) is 0.256. The summed E-state index contributed by atoms with van der Waals surface area (Å²) in [4.78, 5) is 23.0. The van der Waals surface area contributed by atoms with Gasteiger partial charge in [0, 0.05) is 11.6 Å². The van der Waals surface area contributed by atoms with E-state index in [4.69, 9.17) is 18.9 Å². The number of ether oxygens (including phenoxy) is 5. The molecule has 0 radical (unpaired) electrons. The molecule has 1 N–H and O–H groups in total. The zero-order chi connectivity index (χ0) is 22.8. The largest absolute Gasteiger partial charge is 0.507 e. The Hall–Kier alpha value is -2.68. The number of esters is 2. The first-order valence-corrected chi connectivity index (χ1v) is 10.3. The van der Waals surface area contributed by atoms with Crippen molar-refractivity contribution in [2.45, 2.75) is 58.5 Å². The third kappa shape index (κ3) is 7.82. The van der Waals surface area contributed by atoms with Gasteiger partial charge in [-0.2, -0.15) is 0 Å². The maximum atomic E-state index is 12.1. The summed E-state index contributed by atoms with van der Waals surface area (Å²) < 4.78 is 26.9. The molecule has 0 aromatic heterocycles. The Morgan fingerprint density at radius 1 is 1.26 bits per heavy atom. The summed E-state index contributed by atoms with van der Waals surface area (Å²) in [7, 11) is 0. The minimum atomic E-state index is -0.717. The third-order valence-electron chi connectivity index (χ3n) is 4.63. The fourth-order valence-electron chi connectivity index (χ4n) is 3.04. The molecule has 1 aromatic rings. The van der Waals surface area contributed by atoms with Gasteiger partial charge in [-0.25, -0.2) is 9.59 Å². The lowest BCUT2D eigenvalue weighted by Crippen LogP contribution is -2.31. The highest BCUT2D eigenvalue weighted by molar-refractivity contribution is 5.81. The van der Waals surface area contributed by atoms with Crippen LogP contribution in [0.4, 0.5) is 0 Å². The smallest absolute Gasteiger partial charge is 0.337 e. The van der Waals surface area contributed by atoms with Crippen molar-refractivity contribution >= 4 is 11.9 Å². The van der Waals surface area contributed by atoms with E-state index in [1.807, 2.05) is 26.0 Å². The van der Waals surface area contributed by atoms with Crippen molar-refractivity contribution in [3.05, 3.63) is 54.0 Å². The summed E-state index contributed by atoms with van der Waals surface area (Å²) in [6, 6.07) is 5.45. The van der Waals surface area contributed by atoms with Gasteiger partial charge in [-0.15, -0.1) is 0 Å². The van der Waals surface area contributed by atoms with Gasteiger partial charge < -0.3 is 28.8 Å². The van der Waals surface area contributed by atoms with E-state index in [9.17, 15) is 14.7 Å². The highest BCUT2D eigenvalue weighted by atomic mass is 16.7. The zero-order valence-corrected chi connectivity index (χ0v) is 18.2. The Bertz CT molecular complexity index is 801. The van der Waals surface area contributed by atoms with Gasteiger partial charge >= 0.3 is 11.9 Å². The molecule has 0 aliphatic carbocycles. The van der Waals surface area contributed by atoms with Crippen LogP contribution in [0.25, 0.3) is 0 Å².